The molecule has 8 nitrogen and oxygen atoms in total. The monoisotopic (exact) mass is 404 g/mol. The Bertz CT molecular complexity index is 854. The van der Waals surface area contributed by atoms with E-state index < -0.39 is 23.4 Å². The van der Waals surface area contributed by atoms with Crippen molar-refractivity contribution in [3.63, 3.8) is 0 Å². The Hall–Kier alpha value is -3.07. The lowest BCUT2D eigenvalue weighted by Gasteiger charge is -2.08. The van der Waals surface area contributed by atoms with Gasteiger partial charge in [-0.25, -0.2) is 4.79 Å². The number of carbonyl (C=O) groups excluding carboxylic acids is 2. The lowest BCUT2D eigenvalue weighted by molar-refractivity contribution is -0.387. The molecular formula is C19H20N2O6S. The molecule has 0 aliphatic carbocycles. The summed E-state index contributed by atoms with van der Waals surface area (Å²) in [7, 11) is 1.59. The van der Waals surface area contributed by atoms with Crippen LogP contribution in [0, 0.1) is 10.1 Å². The van der Waals surface area contributed by atoms with Crippen LogP contribution in [0.2, 0.25) is 0 Å². The van der Waals surface area contributed by atoms with Crippen LogP contribution in [0.5, 0.6) is 5.75 Å². The Labute approximate surface area is 166 Å². The molecule has 1 amide bonds. The molecule has 148 valence electrons. The zero-order valence-electron chi connectivity index (χ0n) is 15.5. The summed E-state index contributed by atoms with van der Waals surface area (Å²) in [4.78, 5) is 34.8. The van der Waals surface area contributed by atoms with Crippen molar-refractivity contribution in [2.75, 3.05) is 26.5 Å². The number of nitrogens with one attached hydrogen (secondary N) is 1. The van der Waals surface area contributed by atoms with Gasteiger partial charge in [-0.05, 0) is 42.5 Å². The maximum atomic E-state index is 12.0. The van der Waals surface area contributed by atoms with Gasteiger partial charge < -0.3 is 14.8 Å². The second kappa shape index (κ2) is 10.3. The quantitative estimate of drug-likeness (QED) is 0.296. The number of methoxy groups -OCH3 is 1. The minimum absolute atomic E-state index is 0.0236. The first-order chi connectivity index (χ1) is 13.4. The standard InChI is InChI=1S/C19H20N2O6S/c1-26-15-6-3-13(4-7-15)9-10-20-18(22)12-27-19(23)14-5-8-17(28-2)16(11-14)21(24)25/h3-8,11H,9-10,12H2,1-2H3,(H,20,22). The van der Waals surface area contributed by atoms with Crippen molar-refractivity contribution in [2.45, 2.75) is 11.3 Å². The average Bonchev–Trinajstić information content (AvgIpc) is 2.71. The van der Waals surface area contributed by atoms with E-state index in [0.29, 0.717) is 17.9 Å². The van der Waals surface area contributed by atoms with E-state index in [1.54, 1.807) is 13.4 Å². The lowest BCUT2D eigenvalue weighted by Crippen LogP contribution is -2.30. The summed E-state index contributed by atoms with van der Waals surface area (Å²) in [6.07, 6.45) is 2.32. The fraction of sp³-hybridized carbons (Fsp3) is 0.263. The SMILES string of the molecule is COc1ccc(CCNC(=O)COC(=O)c2ccc(SC)c([N+](=O)[O-])c2)cc1. The Kier molecular flexibility index (Phi) is 7.82. The zero-order chi connectivity index (χ0) is 20.5. The van der Waals surface area contributed by atoms with Crippen molar-refractivity contribution < 1.29 is 24.0 Å². The molecule has 0 saturated heterocycles. The highest BCUT2D eigenvalue weighted by Crippen LogP contribution is 2.28. The van der Waals surface area contributed by atoms with Gasteiger partial charge in [-0.1, -0.05) is 12.1 Å². The van der Waals surface area contributed by atoms with Crippen LogP contribution >= 0.6 is 11.8 Å². The third-order valence-electron chi connectivity index (χ3n) is 3.84. The van der Waals surface area contributed by atoms with Gasteiger partial charge in [-0.2, -0.15) is 0 Å². The molecule has 0 fully saturated rings. The molecule has 2 rings (SSSR count). The summed E-state index contributed by atoms with van der Waals surface area (Å²) >= 11 is 1.21. The molecule has 0 saturated carbocycles. The van der Waals surface area contributed by atoms with Crippen molar-refractivity contribution in [2.24, 2.45) is 0 Å². The first kappa shape index (κ1) is 21.2. The highest BCUT2D eigenvalue weighted by molar-refractivity contribution is 7.98. The summed E-state index contributed by atoms with van der Waals surface area (Å²) in [6, 6.07) is 11.5. The number of rotatable bonds is 9. The van der Waals surface area contributed by atoms with Gasteiger partial charge in [0.2, 0.25) is 0 Å². The predicted octanol–water partition coefficient (Wildman–Crippen LogP) is 2.84. The molecule has 0 spiro atoms. The van der Waals surface area contributed by atoms with E-state index >= 15 is 0 Å². The molecule has 0 radical (unpaired) electrons. The number of carbonyl (C=O) groups is 2. The van der Waals surface area contributed by atoms with Gasteiger partial charge >= 0.3 is 5.97 Å². The number of thioether (sulfide) groups is 1. The number of benzene rings is 2. The van der Waals surface area contributed by atoms with Gasteiger partial charge in [0.25, 0.3) is 11.6 Å². The maximum absolute atomic E-state index is 12.0. The number of esters is 1. The van der Waals surface area contributed by atoms with Crippen LogP contribution in [0.3, 0.4) is 0 Å². The summed E-state index contributed by atoms with van der Waals surface area (Å²) in [5, 5.41) is 13.7. The second-order valence-corrected chi connectivity index (χ2v) is 6.52. The Morgan fingerprint density at radius 2 is 1.89 bits per heavy atom. The average molecular weight is 404 g/mol. The molecule has 9 heteroatoms. The number of nitrogens with zero attached hydrogens (tertiary/aromatic N) is 1. The summed E-state index contributed by atoms with van der Waals surface area (Å²) in [6.45, 7) is -0.0733. The second-order valence-electron chi connectivity index (χ2n) is 5.67. The van der Waals surface area contributed by atoms with E-state index in [2.05, 4.69) is 5.32 Å². The van der Waals surface area contributed by atoms with Crippen molar-refractivity contribution in [1.82, 2.24) is 5.32 Å². The smallest absolute Gasteiger partial charge is 0.338 e. The first-order valence-electron chi connectivity index (χ1n) is 8.33. The highest BCUT2D eigenvalue weighted by Gasteiger charge is 2.18. The van der Waals surface area contributed by atoms with Crippen LogP contribution in [0.25, 0.3) is 0 Å². The number of hydrogen-bond acceptors (Lipinski definition) is 7. The van der Waals surface area contributed by atoms with E-state index in [1.165, 1.54) is 23.9 Å². The van der Waals surface area contributed by atoms with Crippen LogP contribution in [0.1, 0.15) is 15.9 Å². The van der Waals surface area contributed by atoms with E-state index in [-0.39, 0.29) is 11.3 Å². The Morgan fingerprint density at radius 1 is 1.18 bits per heavy atom. The molecule has 28 heavy (non-hydrogen) atoms. The van der Waals surface area contributed by atoms with Crippen LogP contribution in [0.15, 0.2) is 47.4 Å². The summed E-state index contributed by atoms with van der Waals surface area (Å²) in [5.41, 5.74) is 0.876. The Balaban J connectivity index is 1.81. The minimum atomic E-state index is -0.791. The van der Waals surface area contributed by atoms with Gasteiger partial charge in [0, 0.05) is 12.6 Å². The molecule has 0 aliphatic rings. The number of nitro benzene ring substituents is 1. The summed E-state index contributed by atoms with van der Waals surface area (Å²) < 4.78 is 10.0. The van der Waals surface area contributed by atoms with E-state index in [0.717, 1.165) is 17.4 Å². The molecular weight excluding hydrogens is 384 g/mol. The van der Waals surface area contributed by atoms with Crippen LogP contribution in [-0.4, -0.2) is 43.3 Å². The van der Waals surface area contributed by atoms with Crippen LogP contribution < -0.4 is 10.1 Å². The van der Waals surface area contributed by atoms with Crippen molar-refractivity contribution in [3.05, 3.63) is 63.7 Å². The van der Waals surface area contributed by atoms with E-state index in [4.69, 9.17) is 9.47 Å². The largest absolute Gasteiger partial charge is 0.497 e. The van der Waals surface area contributed by atoms with Crippen molar-refractivity contribution in [3.8, 4) is 5.75 Å². The highest BCUT2D eigenvalue weighted by atomic mass is 32.2. The molecule has 0 aliphatic heterocycles. The molecule has 0 heterocycles. The topological polar surface area (TPSA) is 108 Å². The van der Waals surface area contributed by atoms with Crippen molar-refractivity contribution in [1.29, 1.82) is 0 Å². The zero-order valence-corrected chi connectivity index (χ0v) is 16.3. The van der Waals surface area contributed by atoms with Gasteiger partial charge in [-0.3, -0.25) is 14.9 Å². The third kappa shape index (κ3) is 5.98. The molecule has 0 bridgehead atoms. The lowest BCUT2D eigenvalue weighted by atomic mass is 10.1. The fourth-order valence-electron chi connectivity index (χ4n) is 2.36. The van der Waals surface area contributed by atoms with Gasteiger partial charge in [0.05, 0.1) is 22.5 Å². The number of hydrogen-bond donors (Lipinski definition) is 1. The normalized spacial score (nSPS) is 10.2. The molecule has 0 atom stereocenters. The van der Waals surface area contributed by atoms with Gasteiger partial charge in [0.15, 0.2) is 6.61 Å². The van der Waals surface area contributed by atoms with Gasteiger partial charge in [-0.15, -0.1) is 11.8 Å². The predicted molar refractivity (Wildman–Crippen MR) is 105 cm³/mol. The number of amides is 1. The molecule has 1 N–H and O–H groups in total. The van der Waals surface area contributed by atoms with Gasteiger partial charge in [0.1, 0.15) is 5.75 Å². The molecule has 2 aromatic carbocycles. The molecule has 2 aromatic rings. The van der Waals surface area contributed by atoms with Crippen LogP contribution in [0.4, 0.5) is 5.69 Å². The maximum Gasteiger partial charge on any atom is 0.338 e. The van der Waals surface area contributed by atoms with E-state index in [1.807, 2.05) is 24.3 Å². The molecule has 0 aromatic heterocycles. The van der Waals surface area contributed by atoms with Crippen molar-refractivity contribution >= 4 is 29.3 Å². The fourth-order valence-corrected chi connectivity index (χ4v) is 2.91. The van der Waals surface area contributed by atoms with Crippen LogP contribution in [-0.2, 0) is 16.0 Å². The third-order valence-corrected chi connectivity index (χ3v) is 4.63. The van der Waals surface area contributed by atoms with E-state index in [9.17, 15) is 19.7 Å². The molecule has 0 unspecified atom stereocenters. The minimum Gasteiger partial charge on any atom is -0.497 e. The first-order valence-corrected chi connectivity index (χ1v) is 9.56. The Morgan fingerprint density at radius 3 is 2.50 bits per heavy atom. The summed E-state index contributed by atoms with van der Waals surface area (Å²) in [5.74, 6) is -0.483. The number of nitro groups is 1. The number of ether oxygens (including phenoxy) is 2.